The third-order valence-electron chi connectivity index (χ3n) is 3.42. The highest BCUT2D eigenvalue weighted by atomic mass is 35.5. The first-order valence-electron chi connectivity index (χ1n) is 6.20. The number of carbonyl (C=O) groups is 1. The van der Waals surface area contributed by atoms with Crippen LogP contribution in [0.1, 0.15) is 25.7 Å². The number of carbonyl (C=O) groups excluding carboxylic acids is 1. The fraction of sp³-hybridized carbons (Fsp3) is 0.462. The number of nitrogens with one attached hydrogen (secondary N) is 2. The first-order valence-corrected chi connectivity index (χ1v) is 6.95. The first kappa shape index (κ1) is 14.4. The van der Waals surface area contributed by atoms with Crippen molar-refractivity contribution in [2.24, 2.45) is 0 Å². The van der Waals surface area contributed by atoms with Gasteiger partial charge in [-0.2, -0.15) is 0 Å². The monoisotopic (exact) mass is 302 g/mol. The number of rotatable bonds is 3. The van der Waals surface area contributed by atoms with Gasteiger partial charge in [0.2, 0.25) is 0 Å². The van der Waals surface area contributed by atoms with Crippen LogP contribution in [0.25, 0.3) is 0 Å². The van der Waals surface area contributed by atoms with Gasteiger partial charge >= 0.3 is 6.03 Å². The molecule has 0 bridgehead atoms. The van der Waals surface area contributed by atoms with Gasteiger partial charge in [-0.25, -0.2) is 4.79 Å². The van der Waals surface area contributed by atoms with Crippen molar-refractivity contribution >= 4 is 34.9 Å². The number of hydrogen-bond acceptors (Lipinski definition) is 2. The van der Waals surface area contributed by atoms with Crippen LogP contribution >= 0.6 is 23.2 Å². The number of aliphatic hydroxyl groups is 1. The van der Waals surface area contributed by atoms with Crippen LogP contribution in [-0.4, -0.2) is 23.3 Å². The Morgan fingerprint density at radius 3 is 2.58 bits per heavy atom. The molecule has 0 aromatic heterocycles. The van der Waals surface area contributed by atoms with E-state index in [4.69, 9.17) is 23.2 Å². The van der Waals surface area contributed by atoms with E-state index in [9.17, 15) is 9.90 Å². The molecular weight excluding hydrogens is 287 g/mol. The smallest absolute Gasteiger partial charge is 0.319 e. The van der Waals surface area contributed by atoms with Crippen LogP contribution < -0.4 is 10.6 Å². The minimum atomic E-state index is -0.497. The van der Waals surface area contributed by atoms with E-state index >= 15 is 0 Å². The van der Waals surface area contributed by atoms with Gasteiger partial charge in [0.25, 0.3) is 0 Å². The van der Waals surface area contributed by atoms with Crippen molar-refractivity contribution < 1.29 is 9.90 Å². The molecule has 0 saturated heterocycles. The molecule has 1 saturated carbocycles. The summed E-state index contributed by atoms with van der Waals surface area (Å²) in [6.07, 6.45) is 3.63. The Kier molecular flexibility index (Phi) is 4.55. The highest BCUT2D eigenvalue weighted by molar-refractivity contribution is 6.36. The quantitative estimate of drug-likeness (QED) is 0.801. The molecule has 4 nitrogen and oxygen atoms in total. The van der Waals surface area contributed by atoms with Crippen molar-refractivity contribution in [1.82, 2.24) is 5.32 Å². The molecule has 2 amide bonds. The molecule has 0 heterocycles. The second kappa shape index (κ2) is 5.99. The predicted molar refractivity (Wildman–Crippen MR) is 76.9 cm³/mol. The number of halogens is 2. The zero-order valence-corrected chi connectivity index (χ0v) is 11.9. The molecule has 1 aliphatic carbocycles. The molecule has 0 radical (unpaired) electrons. The van der Waals surface area contributed by atoms with E-state index in [0.717, 1.165) is 25.7 Å². The standard InChI is InChI=1S/C13H16Cl2N2O2/c14-9-3-4-11(10(15)7-9)16-12(19)17-13(8-18)5-1-2-6-13/h3-4,7,18H,1-2,5-6,8H2,(H2,16,17,19). The summed E-state index contributed by atoms with van der Waals surface area (Å²) in [7, 11) is 0. The van der Waals surface area contributed by atoms with Gasteiger partial charge in [-0.1, -0.05) is 36.0 Å². The van der Waals surface area contributed by atoms with E-state index in [0.29, 0.717) is 15.7 Å². The number of benzene rings is 1. The van der Waals surface area contributed by atoms with Gasteiger partial charge < -0.3 is 15.7 Å². The molecule has 1 fully saturated rings. The molecule has 0 aliphatic heterocycles. The maximum Gasteiger partial charge on any atom is 0.319 e. The zero-order chi connectivity index (χ0) is 13.9. The Morgan fingerprint density at radius 1 is 1.32 bits per heavy atom. The van der Waals surface area contributed by atoms with E-state index in [2.05, 4.69) is 10.6 Å². The van der Waals surface area contributed by atoms with Crippen molar-refractivity contribution in [2.45, 2.75) is 31.2 Å². The molecule has 19 heavy (non-hydrogen) atoms. The lowest BCUT2D eigenvalue weighted by Crippen LogP contribution is -2.50. The summed E-state index contributed by atoms with van der Waals surface area (Å²) in [5.41, 5.74) is -0.00199. The van der Waals surface area contributed by atoms with E-state index in [1.54, 1.807) is 18.2 Å². The summed E-state index contributed by atoms with van der Waals surface area (Å²) < 4.78 is 0. The first-order chi connectivity index (χ1) is 9.04. The largest absolute Gasteiger partial charge is 0.394 e. The van der Waals surface area contributed by atoms with Crippen molar-refractivity contribution in [1.29, 1.82) is 0 Å². The second-order valence-corrected chi connectivity index (χ2v) is 5.69. The summed E-state index contributed by atoms with van der Waals surface area (Å²) in [6.45, 7) is -0.0469. The summed E-state index contributed by atoms with van der Waals surface area (Å²) in [5, 5.41) is 15.8. The number of aliphatic hydroxyl groups excluding tert-OH is 1. The van der Waals surface area contributed by atoms with Crippen molar-refractivity contribution in [3.8, 4) is 0 Å². The minimum absolute atomic E-state index is 0.0469. The summed E-state index contributed by atoms with van der Waals surface area (Å²) in [4.78, 5) is 11.9. The molecular formula is C13H16Cl2N2O2. The molecule has 0 spiro atoms. The van der Waals surface area contributed by atoms with Crippen molar-refractivity contribution in [3.63, 3.8) is 0 Å². The Morgan fingerprint density at radius 2 is 2.00 bits per heavy atom. The molecule has 1 aromatic carbocycles. The van der Waals surface area contributed by atoms with Gasteiger partial charge in [0.05, 0.1) is 22.9 Å². The summed E-state index contributed by atoms with van der Waals surface area (Å²) in [6, 6.07) is 4.50. The maximum absolute atomic E-state index is 11.9. The van der Waals surface area contributed by atoms with Gasteiger partial charge in [0.15, 0.2) is 0 Å². The molecule has 0 atom stereocenters. The summed E-state index contributed by atoms with van der Waals surface area (Å²) in [5.74, 6) is 0. The van der Waals surface area contributed by atoms with Gasteiger partial charge in [-0.3, -0.25) is 0 Å². The maximum atomic E-state index is 11.9. The van der Waals surface area contributed by atoms with E-state index in [1.165, 1.54) is 0 Å². The van der Waals surface area contributed by atoms with E-state index in [-0.39, 0.29) is 12.6 Å². The van der Waals surface area contributed by atoms with Crippen LogP contribution in [0.3, 0.4) is 0 Å². The second-order valence-electron chi connectivity index (χ2n) is 4.85. The molecule has 1 aromatic rings. The van der Waals surface area contributed by atoms with Crippen LogP contribution in [0.4, 0.5) is 10.5 Å². The number of amides is 2. The third-order valence-corrected chi connectivity index (χ3v) is 3.97. The van der Waals surface area contributed by atoms with Gasteiger partial charge in [-0.05, 0) is 31.0 Å². The lowest BCUT2D eigenvalue weighted by molar-refractivity contribution is 0.167. The Balaban J connectivity index is 2.01. The zero-order valence-electron chi connectivity index (χ0n) is 10.4. The Hall–Kier alpha value is -0.970. The Labute approximate surface area is 122 Å². The van der Waals surface area contributed by atoms with E-state index < -0.39 is 5.54 Å². The van der Waals surface area contributed by atoms with E-state index in [1.807, 2.05) is 0 Å². The fourth-order valence-electron chi connectivity index (χ4n) is 2.36. The van der Waals surface area contributed by atoms with Gasteiger partial charge in [0.1, 0.15) is 0 Å². The van der Waals surface area contributed by atoms with Crippen LogP contribution in [-0.2, 0) is 0 Å². The topological polar surface area (TPSA) is 61.4 Å². The number of urea groups is 1. The van der Waals surface area contributed by atoms with Crippen molar-refractivity contribution in [2.75, 3.05) is 11.9 Å². The van der Waals surface area contributed by atoms with Crippen molar-refractivity contribution in [3.05, 3.63) is 28.2 Å². The number of hydrogen-bond donors (Lipinski definition) is 3. The minimum Gasteiger partial charge on any atom is -0.394 e. The highest BCUT2D eigenvalue weighted by Gasteiger charge is 2.34. The third kappa shape index (κ3) is 3.53. The fourth-order valence-corrected chi connectivity index (χ4v) is 2.82. The average Bonchev–Trinajstić information content (AvgIpc) is 2.82. The predicted octanol–water partition coefficient (Wildman–Crippen LogP) is 3.42. The van der Waals surface area contributed by atoms with Crippen LogP contribution in [0.5, 0.6) is 0 Å². The van der Waals surface area contributed by atoms with Crippen LogP contribution in [0.15, 0.2) is 18.2 Å². The normalized spacial score (nSPS) is 17.2. The average molecular weight is 303 g/mol. The summed E-state index contributed by atoms with van der Waals surface area (Å²) >= 11 is 11.8. The molecule has 1 aliphatic rings. The van der Waals surface area contributed by atoms with Gasteiger partial charge in [-0.15, -0.1) is 0 Å². The lowest BCUT2D eigenvalue weighted by Gasteiger charge is -2.28. The Bertz CT molecular complexity index is 474. The van der Waals surface area contributed by atoms with Crippen LogP contribution in [0.2, 0.25) is 10.0 Å². The van der Waals surface area contributed by atoms with Gasteiger partial charge in [0, 0.05) is 5.02 Å². The van der Waals surface area contributed by atoms with Crippen LogP contribution in [0, 0.1) is 0 Å². The molecule has 6 heteroatoms. The highest BCUT2D eigenvalue weighted by Crippen LogP contribution is 2.30. The SMILES string of the molecule is O=C(Nc1ccc(Cl)cc1Cl)NC1(CO)CCCC1. The molecule has 104 valence electrons. The molecule has 0 unspecified atom stereocenters. The number of anilines is 1. The molecule has 3 N–H and O–H groups in total. The lowest BCUT2D eigenvalue weighted by atomic mass is 9.99. The molecule has 2 rings (SSSR count).